The summed E-state index contributed by atoms with van der Waals surface area (Å²) in [6, 6.07) is 5.87. The normalized spacial score (nSPS) is 10.5. The zero-order valence-electron chi connectivity index (χ0n) is 13.5. The highest BCUT2D eigenvalue weighted by atomic mass is 32.1. The third-order valence-electron chi connectivity index (χ3n) is 3.72. The molecule has 2 heterocycles. The van der Waals surface area contributed by atoms with Crippen LogP contribution in [0, 0.1) is 17.0 Å². The topological polar surface area (TPSA) is 144 Å². The smallest absolute Gasteiger partial charge is 0.273 e. The summed E-state index contributed by atoms with van der Waals surface area (Å²) in [5.74, 6) is -1.07. The Morgan fingerprint density at radius 3 is 2.81 bits per heavy atom. The number of aromatic amines is 1. The number of carbonyl (C=O) groups is 2. The van der Waals surface area contributed by atoms with Crippen molar-refractivity contribution in [1.29, 1.82) is 0 Å². The molecule has 0 saturated carbocycles. The third kappa shape index (κ3) is 3.30. The first-order chi connectivity index (χ1) is 12.4. The highest BCUT2D eigenvalue weighted by Crippen LogP contribution is 2.27. The first-order valence-corrected chi connectivity index (χ1v) is 8.24. The van der Waals surface area contributed by atoms with Gasteiger partial charge in [-0.05, 0) is 19.1 Å². The maximum Gasteiger partial charge on any atom is 0.273 e. The lowest BCUT2D eigenvalue weighted by Crippen LogP contribution is -2.14. The molecule has 26 heavy (non-hydrogen) atoms. The second-order valence-electron chi connectivity index (χ2n) is 5.37. The molecule has 4 N–H and O–H groups in total. The second kappa shape index (κ2) is 6.76. The van der Waals surface area contributed by atoms with Gasteiger partial charge in [0.25, 0.3) is 17.5 Å². The lowest BCUT2D eigenvalue weighted by molar-refractivity contribution is -0.385. The lowest BCUT2D eigenvalue weighted by atomic mass is 10.1. The van der Waals surface area contributed by atoms with Gasteiger partial charge in [0, 0.05) is 34.3 Å². The largest absolute Gasteiger partial charge is 0.364 e. The van der Waals surface area contributed by atoms with Crippen molar-refractivity contribution in [2.45, 2.75) is 6.92 Å². The number of rotatable bonds is 5. The Balaban J connectivity index is 1.81. The summed E-state index contributed by atoms with van der Waals surface area (Å²) in [5.41, 5.74) is 7.03. The SMILES string of the molecule is Cc1c(C(=O)Nc2nc(-c3c[nH]c(C(N)=O)c3)cs2)cccc1[N+](=O)[O-]. The molecule has 3 rings (SSSR count). The fraction of sp³-hybridized carbons (Fsp3) is 0.0625. The molecule has 10 heteroatoms. The number of H-pyrrole nitrogens is 1. The van der Waals surface area contributed by atoms with Gasteiger partial charge in [-0.1, -0.05) is 6.07 Å². The molecule has 1 aromatic carbocycles. The minimum Gasteiger partial charge on any atom is -0.364 e. The molecule has 9 nitrogen and oxygen atoms in total. The molecule has 2 aromatic heterocycles. The van der Waals surface area contributed by atoms with E-state index in [1.165, 1.54) is 36.5 Å². The summed E-state index contributed by atoms with van der Waals surface area (Å²) in [4.78, 5) is 41.0. The van der Waals surface area contributed by atoms with Gasteiger partial charge in [0.15, 0.2) is 5.13 Å². The summed E-state index contributed by atoms with van der Waals surface area (Å²) in [6.45, 7) is 1.52. The predicted octanol–water partition coefficient (Wildman–Crippen LogP) is 2.71. The van der Waals surface area contributed by atoms with Crippen LogP contribution in [0.4, 0.5) is 10.8 Å². The maximum absolute atomic E-state index is 12.4. The van der Waals surface area contributed by atoms with E-state index in [1.54, 1.807) is 17.6 Å². The highest BCUT2D eigenvalue weighted by molar-refractivity contribution is 7.14. The number of hydrogen-bond donors (Lipinski definition) is 3. The molecule has 3 aromatic rings. The van der Waals surface area contributed by atoms with E-state index >= 15 is 0 Å². The molecular weight excluding hydrogens is 358 g/mol. The minimum absolute atomic E-state index is 0.121. The van der Waals surface area contributed by atoms with Gasteiger partial charge < -0.3 is 10.7 Å². The van der Waals surface area contributed by atoms with Crippen molar-refractivity contribution in [3.05, 3.63) is 62.8 Å². The summed E-state index contributed by atoms with van der Waals surface area (Å²) in [6.07, 6.45) is 1.59. The van der Waals surface area contributed by atoms with Crippen LogP contribution in [0.1, 0.15) is 26.4 Å². The number of thiazole rings is 1. The van der Waals surface area contributed by atoms with E-state index in [4.69, 9.17) is 5.73 Å². The van der Waals surface area contributed by atoms with E-state index < -0.39 is 16.7 Å². The van der Waals surface area contributed by atoms with Gasteiger partial charge in [0.05, 0.1) is 10.6 Å². The number of nitro benzene ring substituents is 1. The number of nitro groups is 1. The van der Waals surface area contributed by atoms with Crippen molar-refractivity contribution in [1.82, 2.24) is 9.97 Å². The highest BCUT2D eigenvalue weighted by Gasteiger charge is 2.19. The number of anilines is 1. The molecule has 2 amide bonds. The molecule has 0 aliphatic rings. The Hall–Kier alpha value is -3.53. The minimum atomic E-state index is -0.582. The van der Waals surface area contributed by atoms with Crippen LogP contribution in [0.5, 0.6) is 0 Å². The van der Waals surface area contributed by atoms with Crippen LogP contribution in [-0.4, -0.2) is 26.7 Å². The zero-order valence-corrected chi connectivity index (χ0v) is 14.3. The van der Waals surface area contributed by atoms with Gasteiger partial charge in [-0.25, -0.2) is 4.98 Å². The number of nitrogens with two attached hydrogens (primary N) is 1. The Labute approximate surface area is 151 Å². The number of hydrogen-bond acceptors (Lipinski definition) is 6. The van der Waals surface area contributed by atoms with Gasteiger partial charge >= 0.3 is 0 Å². The van der Waals surface area contributed by atoms with E-state index in [1.807, 2.05) is 0 Å². The lowest BCUT2D eigenvalue weighted by Gasteiger charge is -2.05. The van der Waals surface area contributed by atoms with Crippen LogP contribution >= 0.6 is 11.3 Å². The van der Waals surface area contributed by atoms with Crippen molar-refractivity contribution in [2.75, 3.05) is 5.32 Å². The summed E-state index contributed by atoms with van der Waals surface area (Å²) in [5, 5.41) is 15.7. The van der Waals surface area contributed by atoms with Crippen molar-refractivity contribution in [2.24, 2.45) is 5.73 Å². The van der Waals surface area contributed by atoms with Crippen LogP contribution < -0.4 is 11.1 Å². The van der Waals surface area contributed by atoms with Crippen molar-refractivity contribution in [3.63, 3.8) is 0 Å². The average Bonchev–Trinajstić information content (AvgIpc) is 3.23. The van der Waals surface area contributed by atoms with Crippen molar-refractivity contribution in [3.8, 4) is 11.3 Å². The summed E-state index contributed by atoms with van der Waals surface area (Å²) in [7, 11) is 0. The Morgan fingerprint density at radius 1 is 1.38 bits per heavy atom. The van der Waals surface area contributed by atoms with Gasteiger partial charge in [0.1, 0.15) is 5.69 Å². The molecule has 0 spiro atoms. The Morgan fingerprint density at radius 2 is 2.15 bits per heavy atom. The maximum atomic E-state index is 12.4. The number of amides is 2. The molecule has 0 fully saturated rings. The molecule has 0 unspecified atom stereocenters. The molecule has 0 aliphatic carbocycles. The number of benzene rings is 1. The van der Waals surface area contributed by atoms with Crippen LogP contribution in [0.15, 0.2) is 35.8 Å². The summed E-state index contributed by atoms with van der Waals surface area (Å²) < 4.78 is 0. The van der Waals surface area contributed by atoms with Crippen molar-refractivity contribution < 1.29 is 14.5 Å². The van der Waals surface area contributed by atoms with Gasteiger partial charge in [-0.3, -0.25) is 25.0 Å². The molecular formula is C16H13N5O4S. The van der Waals surface area contributed by atoms with Crippen LogP contribution in [0.3, 0.4) is 0 Å². The molecule has 0 atom stereocenters. The van der Waals surface area contributed by atoms with E-state index in [9.17, 15) is 19.7 Å². The molecule has 0 radical (unpaired) electrons. The quantitative estimate of drug-likeness (QED) is 0.466. The van der Waals surface area contributed by atoms with E-state index in [0.717, 1.165) is 0 Å². The fourth-order valence-corrected chi connectivity index (χ4v) is 3.09. The van der Waals surface area contributed by atoms with Crippen LogP contribution in [-0.2, 0) is 0 Å². The zero-order chi connectivity index (χ0) is 18.8. The number of primary amides is 1. The first-order valence-electron chi connectivity index (χ1n) is 7.36. The van der Waals surface area contributed by atoms with E-state index in [-0.39, 0.29) is 22.5 Å². The Kier molecular flexibility index (Phi) is 4.50. The third-order valence-corrected chi connectivity index (χ3v) is 4.47. The standard InChI is InChI=1S/C16H13N5O4S/c1-8-10(3-2-4-13(8)21(24)25)15(23)20-16-19-12(7-26-16)9-5-11(14(17)22)18-6-9/h2-7,18H,1H3,(H2,17,22)(H,19,20,23). The summed E-state index contributed by atoms with van der Waals surface area (Å²) >= 11 is 1.19. The molecule has 0 aliphatic heterocycles. The number of nitrogens with zero attached hydrogens (tertiary/aromatic N) is 2. The number of aromatic nitrogens is 2. The predicted molar refractivity (Wildman–Crippen MR) is 96.2 cm³/mol. The van der Waals surface area contributed by atoms with E-state index in [2.05, 4.69) is 15.3 Å². The van der Waals surface area contributed by atoms with Crippen LogP contribution in [0.25, 0.3) is 11.3 Å². The van der Waals surface area contributed by atoms with Gasteiger partial charge in [-0.2, -0.15) is 0 Å². The average molecular weight is 371 g/mol. The van der Waals surface area contributed by atoms with Gasteiger partial charge in [-0.15, -0.1) is 11.3 Å². The monoisotopic (exact) mass is 371 g/mol. The molecule has 132 valence electrons. The first kappa shape index (κ1) is 17.3. The molecule has 0 bridgehead atoms. The number of nitrogens with one attached hydrogen (secondary N) is 2. The number of carbonyl (C=O) groups excluding carboxylic acids is 2. The van der Waals surface area contributed by atoms with Crippen LogP contribution in [0.2, 0.25) is 0 Å². The second-order valence-corrected chi connectivity index (χ2v) is 6.22. The van der Waals surface area contributed by atoms with Crippen molar-refractivity contribution >= 4 is 34.0 Å². The van der Waals surface area contributed by atoms with Gasteiger partial charge in [0.2, 0.25) is 0 Å². The fourth-order valence-electron chi connectivity index (χ4n) is 2.38. The Bertz CT molecular complexity index is 1020. The molecule has 0 saturated heterocycles. The van der Waals surface area contributed by atoms with E-state index in [0.29, 0.717) is 16.4 Å².